The van der Waals surface area contributed by atoms with Gasteiger partial charge in [0.2, 0.25) is 0 Å². The van der Waals surface area contributed by atoms with Crippen LogP contribution in [0.4, 0.5) is 17.6 Å². The minimum Gasteiger partial charge on any atom is -0.198 e. The van der Waals surface area contributed by atoms with Gasteiger partial charge in [-0.3, -0.25) is 0 Å². The lowest BCUT2D eigenvalue weighted by Gasteiger charge is -2.21. The summed E-state index contributed by atoms with van der Waals surface area (Å²) in [6.45, 7) is 0. The Labute approximate surface area is 101 Å². The average molecular weight is 350 g/mol. The van der Waals surface area contributed by atoms with Gasteiger partial charge in [-0.2, -0.15) is 17.6 Å². The van der Waals surface area contributed by atoms with E-state index in [0.29, 0.717) is 4.47 Å². The molecular weight excluding hydrogens is 344 g/mol. The SMILES string of the molecule is FC(F)(Br)C(F)(F)Cc1ccc(Br)cc1. The lowest BCUT2D eigenvalue weighted by Crippen LogP contribution is -2.36. The first-order valence-corrected chi connectivity index (χ1v) is 5.50. The Bertz CT molecular complexity index is 329. The Hall–Kier alpha value is -0.100. The second-order valence-electron chi connectivity index (χ2n) is 3.01. The van der Waals surface area contributed by atoms with E-state index in [0.717, 1.165) is 0 Å². The Morgan fingerprint density at radius 1 is 1.00 bits per heavy atom. The van der Waals surface area contributed by atoms with Gasteiger partial charge in [-0.1, -0.05) is 28.1 Å². The van der Waals surface area contributed by atoms with E-state index in [1.807, 2.05) is 0 Å². The minimum absolute atomic E-state index is 0.155. The highest BCUT2D eigenvalue weighted by Gasteiger charge is 2.53. The molecule has 1 rings (SSSR count). The molecule has 1 aromatic rings. The van der Waals surface area contributed by atoms with Crippen molar-refractivity contribution in [1.29, 1.82) is 0 Å². The van der Waals surface area contributed by atoms with Crippen LogP contribution in [0.1, 0.15) is 5.56 Å². The van der Waals surface area contributed by atoms with Crippen molar-refractivity contribution in [2.24, 2.45) is 0 Å². The highest BCUT2D eigenvalue weighted by molar-refractivity contribution is 9.10. The molecule has 0 unspecified atom stereocenters. The molecule has 0 saturated heterocycles. The summed E-state index contributed by atoms with van der Waals surface area (Å²) in [6, 6.07) is 5.79. The summed E-state index contributed by atoms with van der Waals surface area (Å²) in [5.41, 5.74) is 0.155. The van der Waals surface area contributed by atoms with Gasteiger partial charge in [-0.15, -0.1) is 0 Å². The third kappa shape index (κ3) is 3.45. The first kappa shape index (κ1) is 13.0. The molecule has 0 aliphatic heterocycles. The second-order valence-corrected chi connectivity index (χ2v) is 4.92. The maximum absolute atomic E-state index is 12.9. The first-order chi connectivity index (χ1) is 6.72. The van der Waals surface area contributed by atoms with Gasteiger partial charge >= 0.3 is 10.8 Å². The van der Waals surface area contributed by atoms with E-state index in [-0.39, 0.29) is 5.56 Å². The Morgan fingerprint density at radius 2 is 1.47 bits per heavy atom. The summed E-state index contributed by atoms with van der Waals surface area (Å²) in [5.74, 6) is -4.10. The number of benzene rings is 1. The summed E-state index contributed by atoms with van der Waals surface area (Å²) in [4.78, 5) is -4.19. The zero-order valence-corrected chi connectivity index (χ0v) is 10.5. The summed E-state index contributed by atoms with van der Waals surface area (Å²) in [6.07, 6.45) is -1.00. The topological polar surface area (TPSA) is 0 Å². The normalized spacial score (nSPS) is 12.9. The molecule has 6 heteroatoms. The van der Waals surface area contributed by atoms with Crippen molar-refractivity contribution in [3.63, 3.8) is 0 Å². The lowest BCUT2D eigenvalue weighted by atomic mass is 10.1. The van der Waals surface area contributed by atoms with E-state index >= 15 is 0 Å². The van der Waals surface area contributed by atoms with E-state index in [1.54, 1.807) is 15.9 Å². The number of hydrogen-bond acceptors (Lipinski definition) is 0. The highest BCUT2D eigenvalue weighted by Crippen LogP contribution is 2.41. The molecule has 0 bridgehead atoms. The molecule has 0 N–H and O–H groups in total. The largest absolute Gasteiger partial charge is 0.363 e. The number of rotatable bonds is 3. The molecule has 1 aromatic carbocycles. The first-order valence-electron chi connectivity index (χ1n) is 3.91. The predicted octanol–water partition coefficient (Wildman–Crippen LogP) is 4.61. The van der Waals surface area contributed by atoms with Crippen LogP contribution < -0.4 is 0 Å². The van der Waals surface area contributed by atoms with Crippen molar-refractivity contribution in [2.45, 2.75) is 17.2 Å². The van der Waals surface area contributed by atoms with Gasteiger partial charge in [0.25, 0.3) is 0 Å². The quantitative estimate of drug-likeness (QED) is 0.552. The molecule has 0 nitrogen and oxygen atoms in total. The fourth-order valence-corrected chi connectivity index (χ4v) is 1.36. The zero-order valence-electron chi connectivity index (χ0n) is 7.28. The van der Waals surface area contributed by atoms with E-state index < -0.39 is 17.2 Å². The minimum atomic E-state index is -4.19. The molecule has 84 valence electrons. The standard InChI is InChI=1S/C9H6Br2F4/c10-7-3-1-6(2-4-7)5-8(12,13)9(11,14)15/h1-4H,5H2. The smallest absolute Gasteiger partial charge is 0.198 e. The molecule has 0 atom stereocenters. The molecule has 15 heavy (non-hydrogen) atoms. The lowest BCUT2D eigenvalue weighted by molar-refractivity contribution is -0.145. The van der Waals surface area contributed by atoms with Crippen LogP contribution in [-0.2, 0) is 6.42 Å². The van der Waals surface area contributed by atoms with Gasteiger partial charge < -0.3 is 0 Å². The number of hydrogen-bond donors (Lipinski definition) is 0. The van der Waals surface area contributed by atoms with Crippen LogP contribution in [0.3, 0.4) is 0 Å². The molecule has 0 radical (unpaired) electrons. The van der Waals surface area contributed by atoms with Crippen molar-refractivity contribution in [1.82, 2.24) is 0 Å². The molecule has 0 fully saturated rings. The maximum Gasteiger partial charge on any atom is 0.363 e. The van der Waals surface area contributed by atoms with Crippen LogP contribution in [0.25, 0.3) is 0 Å². The van der Waals surface area contributed by atoms with Crippen LogP contribution in [0.15, 0.2) is 28.7 Å². The molecule has 0 saturated carbocycles. The fourth-order valence-electron chi connectivity index (χ4n) is 0.959. The van der Waals surface area contributed by atoms with Gasteiger partial charge in [0, 0.05) is 10.9 Å². The van der Waals surface area contributed by atoms with Crippen molar-refractivity contribution in [3.05, 3.63) is 34.3 Å². The van der Waals surface area contributed by atoms with Gasteiger partial charge in [-0.25, -0.2) is 0 Å². The van der Waals surface area contributed by atoms with Gasteiger partial charge in [0.05, 0.1) is 0 Å². The van der Waals surface area contributed by atoms with Gasteiger partial charge in [-0.05, 0) is 33.6 Å². The number of halogens is 6. The average Bonchev–Trinajstić information content (AvgIpc) is 2.06. The van der Waals surface area contributed by atoms with Crippen molar-refractivity contribution >= 4 is 31.9 Å². The molecule has 0 aliphatic rings. The van der Waals surface area contributed by atoms with Crippen LogP contribution in [-0.4, -0.2) is 10.8 Å². The zero-order chi connectivity index (χ0) is 11.7. The molecule has 0 amide bonds. The summed E-state index contributed by atoms with van der Waals surface area (Å²) < 4.78 is 51.4. The van der Waals surface area contributed by atoms with E-state index in [9.17, 15) is 17.6 Å². The predicted molar refractivity (Wildman–Crippen MR) is 56.7 cm³/mol. The third-order valence-corrected chi connectivity index (χ3v) is 2.86. The summed E-state index contributed by atoms with van der Waals surface area (Å²) >= 11 is 4.80. The van der Waals surface area contributed by atoms with E-state index in [1.165, 1.54) is 24.3 Å². The third-order valence-electron chi connectivity index (χ3n) is 1.75. The molecule has 0 aliphatic carbocycles. The Morgan fingerprint density at radius 3 is 1.87 bits per heavy atom. The summed E-state index contributed by atoms with van der Waals surface area (Å²) in [5, 5.41) is 0. The Kier molecular flexibility index (Phi) is 3.81. The maximum atomic E-state index is 12.9. The second kappa shape index (κ2) is 4.41. The van der Waals surface area contributed by atoms with Crippen molar-refractivity contribution in [2.75, 3.05) is 0 Å². The van der Waals surface area contributed by atoms with Crippen LogP contribution >= 0.6 is 31.9 Å². The van der Waals surface area contributed by atoms with Gasteiger partial charge in [0.15, 0.2) is 0 Å². The van der Waals surface area contributed by atoms with Crippen molar-refractivity contribution in [3.8, 4) is 0 Å². The molecular formula is C9H6Br2F4. The molecule has 0 heterocycles. The van der Waals surface area contributed by atoms with Crippen LogP contribution in [0, 0.1) is 0 Å². The van der Waals surface area contributed by atoms with E-state index in [2.05, 4.69) is 15.9 Å². The fraction of sp³-hybridized carbons (Fsp3) is 0.333. The Balaban J connectivity index is 2.82. The van der Waals surface area contributed by atoms with Crippen LogP contribution in [0.5, 0.6) is 0 Å². The monoisotopic (exact) mass is 348 g/mol. The van der Waals surface area contributed by atoms with E-state index in [4.69, 9.17) is 0 Å². The van der Waals surface area contributed by atoms with Gasteiger partial charge in [0.1, 0.15) is 0 Å². The number of alkyl halides is 5. The molecule has 0 spiro atoms. The molecule has 0 aromatic heterocycles. The van der Waals surface area contributed by atoms with Crippen molar-refractivity contribution < 1.29 is 17.6 Å². The van der Waals surface area contributed by atoms with Crippen LogP contribution in [0.2, 0.25) is 0 Å². The summed E-state index contributed by atoms with van der Waals surface area (Å²) in [7, 11) is 0. The highest BCUT2D eigenvalue weighted by atomic mass is 79.9.